The fourth-order valence-corrected chi connectivity index (χ4v) is 4.66. The summed E-state index contributed by atoms with van der Waals surface area (Å²) < 4.78 is 7.90. The van der Waals surface area contributed by atoms with E-state index in [2.05, 4.69) is 101 Å². The zero-order valence-corrected chi connectivity index (χ0v) is 18.6. The summed E-state index contributed by atoms with van der Waals surface area (Å²) in [5.74, 6) is 0.624. The SMILES string of the molecule is CC(C)(c1cccc(-n2c3ccccc3c3ccc(-c4ncco4)cc32)c1)c1ccccn1. The number of hydrogen-bond donors (Lipinski definition) is 0. The maximum absolute atomic E-state index is 5.57. The highest BCUT2D eigenvalue weighted by atomic mass is 16.3. The van der Waals surface area contributed by atoms with Crippen LogP contribution in [0.2, 0.25) is 0 Å². The molecule has 0 bridgehead atoms. The topological polar surface area (TPSA) is 43.9 Å². The molecule has 0 fully saturated rings. The van der Waals surface area contributed by atoms with E-state index < -0.39 is 0 Å². The molecule has 0 aliphatic heterocycles. The van der Waals surface area contributed by atoms with E-state index in [1.54, 1.807) is 12.5 Å². The molecular weight excluding hydrogens is 406 g/mol. The van der Waals surface area contributed by atoms with Crippen molar-refractivity contribution >= 4 is 21.8 Å². The predicted octanol–water partition coefficient (Wildman–Crippen LogP) is 7.16. The van der Waals surface area contributed by atoms with E-state index in [1.807, 2.05) is 18.3 Å². The second-order valence-electron chi connectivity index (χ2n) is 8.81. The van der Waals surface area contributed by atoms with Gasteiger partial charge in [0.05, 0.1) is 22.9 Å². The summed E-state index contributed by atoms with van der Waals surface area (Å²) in [4.78, 5) is 8.98. The highest BCUT2D eigenvalue weighted by Gasteiger charge is 2.25. The molecule has 6 aromatic rings. The number of aromatic nitrogens is 3. The molecule has 0 spiro atoms. The summed E-state index contributed by atoms with van der Waals surface area (Å²) in [6, 6.07) is 29.8. The number of pyridine rings is 1. The predicted molar refractivity (Wildman–Crippen MR) is 133 cm³/mol. The van der Waals surface area contributed by atoms with Crippen LogP contribution in [0.1, 0.15) is 25.1 Å². The average molecular weight is 430 g/mol. The number of hydrogen-bond acceptors (Lipinski definition) is 3. The first kappa shape index (κ1) is 19.5. The Morgan fingerprint density at radius 2 is 1.58 bits per heavy atom. The number of oxazole rings is 1. The number of benzene rings is 3. The van der Waals surface area contributed by atoms with Crippen molar-refractivity contribution in [1.82, 2.24) is 14.5 Å². The molecule has 0 saturated carbocycles. The Morgan fingerprint density at radius 3 is 2.39 bits per heavy atom. The summed E-state index contributed by atoms with van der Waals surface area (Å²) in [5, 5.41) is 2.43. The standard InChI is InChI=1S/C29H23N3O/c1-29(2,27-12-5-6-15-30-27)21-8-7-9-22(19-21)32-25-11-4-3-10-23(25)24-14-13-20(18-26(24)32)28-31-16-17-33-28/h3-19H,1-2H3. The van der Waals surface area contributed by atoms with E-state index >= 15 is 0 Å². The van der Waals surface area contributed by atoms with Gasteiger partial charge in [0.25, 0.3) is 0 Å². The van der Waals surface area contributed by atoms with Gasteiger partial charge in [0.2, 0.25) is 5.89 Å². The molecule has 4 nitrogen and oxygen atoms in total. The molecular formula is C29H23N3O. The van der Waals surface area contributed by atoms with Crippen LogP contribution in [0.5, 0.6) is 0 Å². The van der Waals surface area contributed by atoms with Crippen LogP contribution < -0.4 is 0 Å². The van der Waals surface area contributed by atoms with Gasteiger partial charge in [0.1, 0.15) is 6.26 Å². The lowest BCUT2D eigenvalue weighted by Gasteiger charge is -2.25. The molecule has 0 unspecified atom stereocenters. The minimum Gasteiger partial charge on any atom is -0.445 e. The molecule has 33 heavy (non-hydrogen) atoms. The van der Waals surface area contributed by atoms with Gasteiger partial charge in [0, 0.05) is 33.6 Å². The van der Waals surface area contributed by atoms with Crippen molar-refractivity contribution in [2.45, 2.75) is 19.3 Å². The first-order chi connectivity index (χ1) is 16.1. The van der Waals surface area contributed by atoms with Crippen LogP contribution in [0, 0.1) is 0 Å². The molecule has 0 N–H and O–H groups in total. The van der Waals surface area contributed by atoms with Gasteiger partial charge >= 0.3 is 0 Å². The Hall–Kier alpha value is -4.18. The number of para-hydroxylation sites is 1. The van der Waals surface area contributed by atoms with Gasteiger partial charge in [-0.25, -0.2) is 4.98 Å². The zero-order chi connectivity index (χ0) is 22.4. The van der Waals surface area contributed by atoms with Crippen LogP contribution in [0.15, 0.2) is 108 Å². The van der Waals surface area contributed by atoms with Crippen LogP contribution in [-0.4, -0.2) is 14.5 Å². The van der Waals surface area contributed by atoms with Gasteiger partial charge < -0.3 is 8.98 Å². The number of fused-ring (bicyclic) bond motifs is 3. The molecule has 3 heterocycles. The summed E-state index contributed by atoms with van der Waals surface area (Å²) in [6.07, 6.45) is 5.15. The third kappa shape index (κ3) is 3.14. The van der Waals surface area contributed by atoms with E-state index in [0.717, 1.165) is 22.5 Å². The first-order valence-corrected chi connectivity index (χ1v) is 11.1. The molecule has 0 atom stereocenters. The molecule has 0 amide bonds. The van der Waals surface area contributed by atoms with E-state index in [1.165, 1.54) is 21.9 Å². The van der Waals surface area contributed by atoms with Crippen LogP contribution in [0.4, 0.5) is 0 Å². The highest BCUT2D eigenvalue weighted by molar-refractivity contribution is 6.10. The van der Waals surface area contributed by atoms with Crippen LogP contribution in [0.3, 0.4) is 0 Å². The lowest BCUT2D eigenvalue weighted by molar-refractivity contribution is 0.574. The Balaban J connectivity index is 1.59. The van der Waals surface area contributed by atoms with E-state index in [0.29, 0.717) is 5.89 Å². The van der Waals surface area contributed by atoms with Gasteiger partial charge in [-0.15, -0.1) is 0 Å². The van der Waals surface area contributed by atoms with Gasteiger partial charge in [0.15, 0.2) is 0 Å². The molecule has 0 aliphatic carbocycles. The van der Waals surface area contributed by atoms with E-state index in [-0.39, 0.29) is 5.41 Å². The van der Waals surface area contributed by atoms with Crippen molar-refractivity contribution in [3.8, 4) is 17.1 Å². The normalized spacial score (nSPS) is 11.9. The second kappa shape index (κ2) is 7.45. The average Bonchev–Trinajstić information content (AvgIpc) is 3.51. The first-order valence-electron chi connectivity index (χ1n) is 11.1. The molecule has 0 saturated heterocycles. The smallest absolute Gasteiger partial charge is 0.225 e. The van der Waals surface area contributed by atoms with Crippen molar-refractivity contribution in [2.24, 2.45) is 0 Å². The molecule has 0 aliphatic rings. The number of nitrogens with zero attached hydrogens (tertiary/aromatic N) is 3. The van der Waals surface area contributed by atoms with Gasteiger partial charge in [-0.1, -0.05) is 56.3 Å². The van der Waals surface area contributed by atoms with Crippen molar-refractivity contribution in [3.05, 3.63) is 115 Å². The van der Waals surface area contributed by atoms with Gasteiger partial charge in [-0.3, -0.25) is 4.98 Å². The van der Waals surface area contributed by atoms with Crippen molar-refractivity contribution < 1.29 is 4.42 Å². The van der Waals surface area contributed by atoms with Crippen molar-refractivity contribution in [3.63, 3.8) is 0 Å². The molecule has 160 valence electrons. The fraction of sp³-hybridized carbons (Fsp3) is 0.103. The second-order valence-corrected chi connectivity index (χ2v) is 8.81. The Kier molecular flexibility index (Phi) is 4.40. The Labute approximate surface area is 192 Å². The monoisotopic (exact) mass is 429 g/mol. The Morgan fingerprint density at radius 1 is 0.727 bits per heavy atom. The molecule has 0 radical (unpaired) electrons. The van der Waals surface area contributed by atoms with Crippen LogP contribution >= 0.6 is 0 Å². The fourth-order valence-electron chi connectivity index (χ4n) is 4.66. The lowest BCUT2D eigenvalue weighted by Crippen LogP contribution is -2.20. The van der Waals surface area contributed by atoms with E-state index in [9.17, 15) is 0 Å². The van der Waals surface area contributed by atoms with Gasteiger partial charge in [-0.2, -0.15) is 0 Å². The zero-order valence-electron chi connectivity index (χ0n) is 18.6. The lowest BCUT2D eigenvalue weighted by atomic mass is 9.81. The maximum Gasteiger partial charge on any atom is 0.225 e. The van der Waals surface area contributed by atoms with E-state index in [4.69, 9.17) is 4.42 Å². The quantitative estimate of drug-likeness (QED) is 0.299. The Bertz CT molecular complexity index is 1580. The summed E-state index contributed by atoms with van der Waals surface area (Å²) in [5.41, 5.74) is 6.42. The summed E-state index contributed by atoms with van der Waals surface area (Å²) in [7, 11) is 0. The molecule has 3 aromatic carbocycles. The van der Waals surface area contributed by atoms with Crippen molar-refractivity contribution in [2.75, 3.05) is 0 Å². The summed E-state index contributed by atoms with van der Waals surface area (Å²) >= 11 is 0. The third-order valence-corrected chi connectivity index (χ3v) is 6.48. The largest absolute Gasteiger partial charge is 0.445 e. The van der Waals surface area contributed by atoms with Crippen LogP contribution in [-0.2, 0) is 5.41 Å². The summed E-state index contributed by atoms with van der Waals surface area (Å²) in [6.45, 7) is 4.45. The minimum atomic E-state index is -0.223. The molecule has 6 rings (SSSR count). The minimum absolute atomic E-state index is 0.223. The van der Waals surface area contributed by atoms with Gasteiger partial charge in [-0.05, 0) is 48.0 Å². The highest BCUT2D eigenvalue weighted by Crippen LogP contribution is 2.36. The number of rotatable bonds is 4. The molecule has 4 heteroatoms. The van der Waals surface area contributed by atoms with Crippen molar-refractivity contribution in [1.29, 1.82) is 0 Å². The maximum atomic E-state index is 5.57. The molecule has 3 aromatic heterocycles. The third-order valence-electron chi connectivity index (χ3n) is 6.48. The van der Waals surface area contributed by atoms with Crippen LogP contribution in [0.25, 0.3) is 38.9 Å².